The van der Waals surface area contributed by atoms with Gasteiger partial charge in [0, 0.05) is 18.5 Å². The molecule has 0 spiro atoms. The average Bonchev–Trinajstić information content (AvgIpc) is 2.81. The van der Waals surface area contributed by atoms with Crippen molar-refractivity contribution in [3.63, 3.8) is 0 Å². The van der Waals surface area contributed by atoms with E-state index < -0.39 is 0 Å². The number of anilines is 1. The van der Waals surface area contributed by atoms with Gasteiger partial charge >= 0.3 is 0 Å². The van der Waals surface area contributed by atoms with Crippen LogP contribution in [0.25, 0.3) is 22.6 Å². The molecule has 0 aliphatic rings. The largest absolute Gasteiger partial charge is 0.436 e. The Morgan fingerprint density at radius 3 is 2.83 bits per heavy atom. The summed E-state index contributed by atoms with van der Waals surface area (Å²) in [4.78, 5) is 8.31. The summed E-state index contributed by atoms with van der Waals surface area (Å²) in [6.45, 7) is 0. The molecule has 0 amide bonds. The molecule has 2 heterocycles. The molecule has 2 aromatic heterocycles. The van der Waals surface area contributed by atoms with Crippen molar-refractivity contribution >= 4 is 40.0 Å². The molecule has 6 heteroatoms. The van der Waals surface area contributed by atoms with Crippen molar-refractivity contribution in [2.75, 3.05) is 5.73 Å². The maximum absolute atomic E-state index is 6.08. The minimum Gasteiger partial charge on any atom is -0.436 e. The minimum absolute atomic E-state index is 0.302. The quantitative estimate of drug-likeness (QED) is 0.689. The van der Waals surface area contributed by atoms with E-state index in [0.717, 1.165) is 5.56 Å². The van der Waals surface area contributed by atoms with E-state index in [-0.39, 0.29) is 0 Å². The molecule has 0 radical (unpaired) electrons. The third kappa shape index (κ3) is 1.70. The molecule has 0 aliphatic carbocycles. The van der Waals surface area contributed by atoms with E-state index in [1.165, 1.54) is 0 Å². The first kappa shape index (κ1) is 11.3. The van der Waals surface area contributed by atoms with Gasteiger partial charge in [-0.2, -0.15) is 0 Å². The van der Waals surface area contributed by atoms with E-state index >= 15 is 0 Å². The van der Waals surface area contributed by atoms with Crippen molar-refractivity contribution < 1.29 is 4.42 Å². The van der Waals surface area contributed by atoms with Crippen LogP contribution in [0.5, 0.6) is 0 Å². The second kappa shape index (κ2) is 4.15. The fourth-order valence-electron chi connectivity index (χ4n) is 1.63. The summed E-state index contributed by atoms with van der Waals surface area (Å²) in [5.41, 5.74) is 7.80. The van der Waals surface area contributed by atoms with E-state index in [4.69, 9.17) is 33.4 Å². The lowest BCUT2D eigenvalue weighted by Crippen LogP contribution is -1.88. The number of hydrogen-bond donors (Lipinski definition) is 1. The smallest absolute Gasteiger partial charge is 0.228 e. The highest BCUT2D eigenvalue weighted by Gasteiger charge is 2.15. The van der Waals surface area contributed by atoms with Crippen LogP contribution in [0.1, 0.15) is 0 Å². The van der Waals surface area contributed by atoms with Gasteiger partial charge in [-0.1, -0.05) is 23.2 Å². The van der Waals surface area contributed by atoms with Crippen molar-refractivity contribution in [1.29, 1.82) is 0 Å². The zero-order valence-electron chi connectivity index (χ0n) is 9.02. The lowest BCUT2D eigenvalue weighted by molar-refractivity contribution is 0.619. The van der Waals surface area contributed by atoms with Crippen LogP contribution in [0.3, 0.4) is 0 Å². The van der Waals surface area contributed by atoms with E-state index in [0.29, 0.717) is 32.7 Å². The molecule has 0 unspecified atom stereocenters. The molecule has 3 aromatic rings. The lowest BCUT2D eigenvalue weighted by Gasteiger charge is -1.99. The normalized spacial score (nSPS) is 11.0. The molecule has 0 atom stereocenters. The molecule has 0 saturated carbocycles. The van der Waals surface area contributed by atoms with E-state index in [9.17, 15) is 0 Å². The molecule has 18 heavy (non-hydrogen) atoms. The number of aromatic nitrogens is 2. The van der Waals surface area contributed by atoms with Crippen molar-refractivity contribution in [2.24, 2.45) is 0 Å². The van der Waals surface area contributed by atoms with Crippen molar-refractivity contribution in [2.45, 2.75) is 0 Å². The molecule has 90 valence electrons. The molecule has 0 aliphatic heterocycles. The van der Waals surface area contributed by atoms with E-state index in [1.807, 2.05) is 6.07 Å². The topological polar surface area (TPSA) is 64.9 Å². The Bertz CT molecular complexity index is 725. The number of oxazole rings is 1. The predicted molar refractivity (Wildman–Crippen MR) is 71.7 cm³/mol. The number of halogens is 2. The predicted octanol–water partition coefficient (Wildman–Crippen LogP) is 3.78. The Morgan fingerprint density at radius 1 is 1.28 bits per heavy atom. The number of rotatable bonds is 1. The second-order valence-corrected chi connectivity index (χ2v) is 4.48. The monoisotopic (exact) mass is 279 g/mol. The molecule has 0 fully saturated rings. The molecule has 1 aromatic carbocycles. The van der Waals surface area contributed by atoms with E-state index in [1.54, 1.807) is 24.5 Å². The molecule has 0 saturated heterocycles. The molecule has 4 nitrogen and oxygen atoms in total. The van der Waals surface area contributed by atoms with E-state index in [2.05, 4.69) is 9.97 Å². The molecule has 0 bridgehead atoms. The fraction of sp³-hybridized carbons (Fsp3) is 0. The van der Waals surface area contributed by atoms with Crippen molar-refractivity contribution in [3.05, 3.63) is 40.6 Å². The summed E-state index contributed by atoms with van der Waals surface area (Å²) < 4.78 is 5.60. The third-order valence-corrected chi connectivity index (χ3v) is 3.22. The van der Waals surface area contributed by atoms with Crippen LogP contribution in [0.2, 0.25) is 10.0 Å². The molecular formula is C12H7Cl2N3O. The van der Waals surface area contributed by atoms with Crippen LogP contribution in [0.15, 0.2) is 35.0 Å². The number of nitrogens with zero attached hydrogens (tertiary/aromatic N) is 2. The molecule has 3 rings (SSSR count). The maximum Gasteiger partial charge on any atom is 0.228 e. The second-order valence-electron chi connectivity index (χ2n) is 3.69. The van der Waals surface area contributed by atoms with Gasteiger partial charge in [-0.15, -0.1) is 0 Å². The number of nitrogens with two attached hydrogens (primary N) is 1. The Kier molecular flexibility index (Phi) is 2.61. The van der Waals surface area contributed by atoms with Crippen LogP contribution in [-0.4, -0.2) is 9.97 Å². The van der Waals surface area contributed by atoms with Gasteiger partial charge in [0.15, 0.2) is 5.58 Å². The van der Waals surface area contributed by atoms with Crippen LogP contribution in [0.4, 0.5) is 5.69 Å². The highest BCUT2D eigenvalue weighted by molar-refractivity contribution is 6.42. The zero-order chi connectivity index (χ0) is 12.7. The van der Waals surface area contributed by atoms with Gasteiger partial charge in [0.1, 0.15) is 5.52 Å². The Labute approximate surface area is 112 Å². The third-order valence-electron chi connectivity index (χ3n) is 2.52. The van der Waals surface area contributed by atoms with Crippen LogP contribution >= 0.6 is 23.2 Å². The summed E-state index contributed by atoms with van der Waals surface area (Å²) in [5, 5.41) is 0.651. The first-order valence-corrected chi connectivity index (χ1v) is 5.87. The number of hydrogen-bond acceptors (Lipinski definition) is 4. The van der Waals surface area contributed by atoms with Gasteiger partial charge in [-0.3, -0.25) is 4.98 Å². The zero-order valence-corrected chi connectivity index (χ0v) is 10.5. The van der Waals surface area contributed by atoms with Gasteiger partial charge in [-0.05, 0) is 12.1 Å². The lowest BCUT2D eigenvalue weighted by atomic mass is 10.3. The van der Waals surface area contributed by atoms with Crippen molar-refractivity contribution in [1.82, 2.24) is 9.97 Å². The Morgan fingerprint density at radius 2 is 2.11 bits per heavy atom. The standard InChI is InChI=1S/C12H7Cl2N3O/c13-7-4-8-11(9(14)10(7)15)17-12(18-8)6-2-1-3-16-5-6/h1-5H,15H2. The first-order chi connectivity index (χ1) is 8.66. The highest BCUT2D eigenvalue weighted by Crippen LogP contribution is 2.36. The minimum atomic E-state index is 0.302. The Balaban J connectivity index is 2.27. The van der Waals surface area contributed by atoms with Crippen LogP contribution < -0.4 is 5.73 Å². The number of nitrogen functional groups attached to an aromatic ring is 1. The maximum atomic E-state index is 6.08. The summed E-state index contributed by atoms with van der Waals surface area (Å²) in [7, 11) is 0. The average molecular weight is 280 g/mol. The van der Waals surface area contributed by atoms with Gasteiger partial charge < -0.3 is 10.2 Å². The first-order valence-electron chi connectivity index (χ1n) is 5.11. The van der Waals surface area contributed by atoms with Crippen molar-refractivity contribution in [3.8, 4) is 11.5 Å². The highest BCUT2D eigenvalue weighted by atomic mass is 35.5. The summed E-state index contributed by atoms with van der Waals surface area (Å²) in [6, 6.07) is 5.24. The summed E-state index contributed by atoms with van der Waals surface area (Å²) in [6.07, 6.45) is 3.33. The molecular weight excluding hydrogens is 273 g/mol. The van der Waals surface area contributed by atoms with Crippen LogP contribution in [-0.2, 0) is 0 Å². The van der Waals surface area contributed by atoms with Gasteiger partial charge in [0.2, 0.25) is 5.89 Å². The fourth-order valence-corrected chi connectivity index (χ4v) is 2.10. The van der Waals surface area contributed by atoms with Gasteiger partial charge in [-0.25, -0.2) is 4.98 Å². The summed E-state index contributed by atoms with van der Waals surface area (Å²) >= 11 is 12.0. The van der Waals surface area contributed by atoms with Gasteiger partial charge in [0.05, 0.1) is 21.3 Å². The number of pyridine rings is 1. The molecule has 2 N–H and O–H groups in total. The summed E-state index contributed by atoms with van der Waals surface area (Å²) in [5.74, 6) is 0.432. The number of benzene rings is 1. The number of fused-ring (bicyclic) bond motifs is 1. The van der Waals surface area contributed by atoms with Crippen LogP contribution in [0, 0.1) is 0 Å². The Hall–Kier alpha value is -1.78. The SMILES string of the molecule is Nc1c(Cl)cc2oc(-c3cccnc3)nc2c1Cl. The van der Waals surface area contributed by atoms with Gasteiger partial charge in [0.25, 0.3) is 0 Å².